The summed E-state index contributed by atoms with van der Waals surface area (Å²) in [4.78, 5) is 13.5. The number of methoxy groups -OCH3 is 1. The molecule has 3 rings (SSSR count). The summed E-state index contributed by atoms with van der Waals surface area (Å²) in [5.41, 5.74) is 1.84. The van der Waals surface area contributed by atoms with Crippen molar-refractivity contribution in [3.63, 3.8) is 0 Å². The van der Waals surface area contributed by atoms with Gasteiger partial charge in [0.1, 0.15) is 5.54 Å². The van der Waals surface area contributed by atoms with Gasteiger partial charge in [-0.3, -0.25) is 10.1 Å². The topological polar surface area (TPSA) is 38.3 Å². The third kappa shape index (κ3) is 2.37. The largest absolute Gasteiger partial charge is 0.468 e. The second kappa shape index (κ2) is 5.38. The van der Waals surface area contributed by atoms with Gasteiger partial charge in [-0.1, -0.05) is 30.3 Å². The number of nitrogens with one attached hydrogen (secondary N) is 1. The molecule has 2 aromatic rings. The maximum atomic E-state index is 12.3. The smallest absolute Gasteiger partial charge is 0.326 e. The Morgan fingerprint density at radius 3 is 2.50 bits per heavy atom. The lowest BCUT2D eigenvalue weighted by molar-refractivity contribution is -0.148. The molecule has 1 heterocycles. The van der Waals surface area contributed by atoms with Crippen LogP contribution in [0.2, 0.25) is 0 Å². The van der Waals surface area contributed by atoms with E-state index >= 15 is 0 Å². The maximum absolute atomic E-state index is 12.3. The highest BCUT2D eigenvalue weighted by Gasteiger charge is 2.44. The second-order valence-corrected chi connectivity index (χ2v) is 6.16. The summed E-state index contributed by atoms with van der Waals surface area (Å²) in [5, 5.41) is 5.48. The number of rotatable bonds is 4. The quantitative estimate of drug-likeness (QED) is 0.878. The van der Waals surface area contributed by atoms with Crippen LogP contribution in [0.3, 0.4) is 0 Å². The lowest BCUT2D eigenvalue weighted by atomic mass is 9.95. The number of hydrogen-bond acceptors (Lipinski definition) is 4. The Balaban J connectivity index is 1.82. The third-order valence-corrected chi connectivity index (χ3v) is 4.74. The molecule has 0 fully saturated rings. The number of ether oxygens (including phenoxy) is 1. The minimum Gasteiger partial charge on any atom is -0.468 e. The van der Waals surface area contributed by atoms with E-state index in [1.807, 2.05) is 23.6 Å². The predicted molar refractivity (Wildman–Crippen MR) is 79.8 cm³/mol. The zero-order valence-corrected chi connectivity index (χ0v) is 12.2. The van der Waals surface area contributed by atoms with Gasteiger partial charge in [0.05, 0.1) is 7.11 Å². The molecule has 1 aliphatic rings. The van der Waals surface area contributed by atoms with Gasteiger partial charge in [0.2, 0.25) is 0 Å². The van der Waals surface area contributed by atoms with Gasteiger partial charge in [-0.2, -0.15) is 0 Å². The van der Waals surface area contributed by atoms with Gasteiger partial charge >= 0.3 is 5.97 Å². The number of fused-ring (bicyclic) bond motifs is 1. The normalized spacial score (nSPS) is 15.8. The lowest BCUT2D eigenvalue weighted by Gasteiger charge is -2.27. The Hall–Kier alpha value is -1.65. The molecule has 0 bridgehead atoms. The minimum atomic E-state index is -0.623. The van der Waals surface area contributed by atoms with Crippen LogP contribution in [-0.2, 0) is 28.9 Å². The van der Waals surface area contributed by atoms with Crippen molar-refractivity contribution in [1.29, 1.82) is 0 Å². The van der Waals surface area contributed by atoms with E-state index in [1.165, 1.54) is 23.1 Å². The SMILES string of the molecule is COC(=O)C1(NCc2cccs2)Cc2ccccc2C1. The lowest BCUT2D eigenvalue weighted by Crippen LogP contribution is -2.53. The minimum absolute atomic E-state index is 0.176. The van der Waals surface area contributed by atoms with Crippen LogP contribution < -0.4 is 5.32 Å². The van der Waals surface area contributed by atoms with Gasteiger partial charge in [0.15, 0.2) is 0 Å². The molecule has 1 N–H and O–H groups in total. The molecule has 0 amide bonds. The highest BCUT2D eigenvalue weighted by molar-refractivity contribution is 7.09. The molecule has 1 aromatic carbocycles. The summed E-state index contributed by atoms with van der Waals surface area (Å²) in [6.07, 6.45) is 1.39. The van der Waals surface area contributed by atoms with Crippen molar-refractivity contribution in [3.8, 4) is 0 Å². The van der Waals surface area contributed by atoms with Crippen LogP contribution in [-0.4, -0.2) is 18.6 Å². The zero-order valence-electron chi connectivity index (χ0n) is 11.4. The van der Waals surface area contributed by atoms with Crippen molar-refractivity contribution < 1.29 is 9.53 Å². The van der Waals surface area contributed by atoms with E-state index < -0.39 is 5.54 Å². The van der Waals surface area contributed by atoms with E-state index in [0.29, 0.717) is 19.4 Å². The Morgan fingerprint density at radius 2 is 1.95 bits per heavy atom. The summed E-state index contributed by atoms with van der Waals surface area (Å²) in [6, 6.07) is 12.3. The number of hydrogen-bond donors (Lipinski definition) is 1. The van der Waals surface area contributed by atoms with Crippen LogP contribution in [0, 0.1) is 0 Å². The summed E-state index contributed by atoms with van der Waals surface area (Å²) >= 11 is 1.69. The Bertz CT molecular complexity index is 582. The molecule has 0 spiro atoms. The Labute approximate surface area is 122 Å². The van der Waals surface area contributed by atoms with Crippen molar-refractivity contribution in [2.24, 2.45) is 0 Å². The van der Waals surface area contributed by atoms with Crippen molar-refractivity contribution in [3.05, 3.63) is 57.8 Å². The van der Waals surface area contributed by atoms with Gasteiger partial charge in [-0.15, -0.1) is 11.3 Å². The van der Waals surface area contributed by atoms with Crippen molar-refractivity contribution in [1.82, 2.24) is 5.32 Å². The summed E-state index contributed by atoms with van der Waals surface area (Å²) in [5.74, 6) is -0.176. The molecule has 104 valence electrons. The van der Waals surface area contributed by atoms with Crippen molar-refractivity contribution in [2.45, 2.75) is 24.9 Å². The molecule has 1 aromatic heterocycles. The highest BCUT2D eigenvalue weighted by Crippen LogP contribution is 2.31. The van der Waals surface area contributed by atoms with E-state index in [-0.39, 0.29) is 5.97 Å². The highest BCUT2D eigenvalue weighted by atomic mass is 32.1. The summed E-state index contributed by atoms with van der Waals surface area (Å²) in [7, 11) is 1.46. The maximum Gasteiger partial charge on any atom is 0.326 e. The van der Waals surface area contributed by atoms with E-state index in [1.54, 1.807) is 11.3 Å². The van der Waals surface area contributed by atoms with E-state index in [4.69, 9.17) is 4.74 Å². The van der Waals surface area contributed by atoms with Gasteiger partial charge in [-0.25, -0.2) is 0 Å². The number of thiophene rings is 1. The monoisotopic (exact) mass is 287 g/mol. The number of carbonyl (C=O) groups excluding carboxylic acids is 1. The molecule has 20 heavy (non-hydrogen) atoms. The molecule has 0 aliphatic heterocycles. The molecule has 0 saturated carbocycles. The molecule has 3 nitrogen and oxygen atoms in total. The average molecular weight is 287 g/mol. The van der Waals surface area contributed by atoms with Crippen LogP contribution in [0.15, 0.2) is 41.8 Å². The van der Waals surface area contributed by atoms with Gasteiger partial charge in [0.25, 0.3) is 0 Å². The molecule has 4 heteroatoms. The molecule has 0 unspecified atom stereocenters. The second-order valence-electron chi connectivity index (χ2n) is 5.13. The molecular weight excluding hydrogens is 270 g/mol. The first-order chi connectivity index (χ1) is 9.73. The first-order valence-electron chi connectivity index (χ1n) is 6.66. The number of esters is 1. The Kier molecular flexibility index (Phi) is 3.59. The fourth-order valence-corrected chi connectivity index (χ4v) is 3.47. The van der Waals surface area contributed by atoms with E-state index in [9.17, 15) is 4.79 Å². The summed E-state index contributed by atoms with van der Waals surface area (Å²) < 4.78 is 5.04. The molecule has 0 atom stereocenters. The van der Waals surface area contributed by atoms with E-state index in [2.05, 4.69) is 23.5 Å². The Morgan fingerprint density at radius 1 is 1.25 bits per heavy atom. The first kappa shape index (κ1) is 13.3. The molecule has 0 radical (unpaired) electrons. The first-order valence-corrected chi connectivity index (χ1v) is 7.54. The average Bonchev–Trinajstić information content (AvgIpc) is 3.11. The zero-order chi connectivity index (χ0) is 14.0. The van der Waals surface area contributed by atoms with Crippen LogP contribution in [0.4, 0.5) is 0 Å². The predicted octanol–water partition coefficient (Wildman–Crippen LogP) is 2.55. The fraction of sp³-hybridized carbons (Fsp3) is 0.312. The van der Waals surface area contributed by atoms with Crippen LogP contribution >= 0.6 is 11.3 Å². The fourth-order valence-electron chi connectivity index (χ4n) is 2.82. The number of benzene rings is 1. The van der Waals surface area contributed by atoms with Crippen LogP contribution in [0.1, 0.15) is 16.0 Å². The molecular formula is C16H17NO2S. The molecule has 1 aliphatic carbocycles. The van der Waals surface area contributed by atoms with Gasteiger partial charge in [-0.05, 0) is 22.6 Å². The third-order valence-electron chi connectivity index (χ3n) is 3.86. The van der Waals surface area contributed by atoms with Crippen LogP contribution in [0.5, 0.6) is 0 Å². The standard InChI is InChI=1S/C16H17NO2S/c1-19-15(18)16(17-11-14-7-4-8-20-14)9-12-5-2-3-6-13(12)10-16/h2-8,17H,9-11H2,1H3. The van der Waals surface area contributed by atoms with E-state index in [0.717, 1.165) is 0 Å². The number of carbonyl (C=O) groups is 1. The molecule has 0 saturated heterocycles. The van der Waals surface area contributed by atoms with Crippen LogP contribution in [0.25, 0.3) is 0 Å². The van der Waals surface area contributed by atoms with Gasteiger partial charge in [0, 0.05) is 24.3 Å². The summed E-state index contributed by atoms with van der Waals surface area (Å²) in [6.45, 7) is 0.695. The van der Waals surface area contributed by atoms with Gasteiger partial charge < -0.3 is 4.74 Å². The van der Waals surface area contributed by atoms with Crippen molar-refractivity contribution >= 4 is 17.3 Å². The van der Waals surface area contributed by atoms with Crippen molar-refractivity contribution in [2.75, 3.05) is 7.11 Å².